The van der Waals surface area contributed by atoms with E-state index in [9.17, 15) is 0 Å². The van der Waals surface area contributed by atoms with E-state index in [4.69, 9.17) is 0 Å². The van der Waals surface area contributed by atoms with E-state index >= 15 is 0 Å². The molecule has 3 heterocycles. The molecule has 0 spiro atoms. The summed E-state index contributed by atoms with van der Waals surface area (Å²) in [4.78, 5) is 7.21. The molecule has 106 valence electrons. The molecule has 1 aromatic carbocycles. The van der Waals surface area contributed by atoms with Gasteiger partial charge in [0, 0.05) is 24.3 Å². The van der Waals surface area contributed by atoms with Crippen molar-refractivity contribution in [3.05, 3.63) is 23.2 Å². The van der Waals surface area contributed by atoms with Crippen LogP contribution in [0.5, 0.6) is 0 Å². The minimum Gasteiger partial charge on any atom is -0.381 e. The largest absolute Gasteiger partial charge is 0.381 e. The molecule has 0 aliphatic carbocycles. The lowest BCUT2D eigenvalue weighted by molar-refractivity contribution is 0.193. The number of benzene rings is 1. The number of aromatic nitrogens is 1. The van der Waals surface area contributed by atoms with Crippen molar-refractivity contribution in [1.82, 2.24) is 9.88 Å². The Balaban J connectivity index is 1.54. The normalized spacial score (nSPS) is 26.9. The third kappa shape index (κ3) is 2.21. The molecular formula is C16H21N3S. The van der Waals surface area contributed by atoms with Crippen LogP contribution in [0.15, 0.2) is 18.2 Å². The van der Waals surface area contributed by atoms with Crippen molar-refractivity contribution in [3.8, 4) is 0 Å². The second kappa shape index (κ2) is 5.01. The molecule has 4 rings (SSSR count). The van der Waals surface area contributed by atoms with Gasteiger partial charge in [-0.05, 0) is 50.9 Å². The topological polar surface area (TPSA) is 28.2 Å². The van der Waals surface area contributed by atoms with Gasteiger partial charge in [0.15, 0.2) is 0 Å². The summed E-state index contributed by atoms with van der Waals surface area (Å²) in [6.07, 6.45) is 5.42. The summed E-state index contributed by atoms with van der Waals surface area (Å²) in [5, 5.41) is 4.93. The van der Waals surface area contributed by atoms with Crippen molar-refractivity contribution in [1.29, 1.82) is 0 Å². The molecule has 20 heavy (non-hydrogen) atoms. The van der Waals surface area contributed by atoms with E-state index in [0.29, 0.717) is 6.04 Å². The number of thiazole rings is 1. The predicted octanol–water partition coefficient (Wildman–Crippen LogP) is 3.64. The Morgan fingerprint density at radius 1 is 1.25 bits per heavy atom. The molecule has 0 radical (unpaired) electrons. The molecule has 1 N–H and O–H groups in total. The summed E-state index contributed by atoms with van der Waals surface area (Å²) in [6, 6.07) is 7.98. The van der Waals surface area contributed by atoms with Gasteiger partial charge in [-0.3, -0.25) is 4.90 Å². The van der Waals surface area contributed by atoms with Gasteiger partial charge in [0.05, 0.1) is 15.2 Å². The molecule has 2 aromatic rings. The lowest BCUT2D eigenvalue weighted by Gasteiger charge is -2.32. The van der Waals surface area contributed by atoms with Gasteiger partial charge >= 0.3 is 0 Å². The summed E-state index contributed by atoms with van der Waals surface area (Å²) in [5.41, 5.74) is 2.39. The molecule has 2 unspecified atom stereocenters. The number of hydrogen-bond donors (Lipinski definition) is 1. The molecule has 2 atom stereocenters. The van der Waals surface area contributed by atoms with E-state index in [0.717, 1.165) is 16.6 Å². The van der Waals surface area contributed by atoms with Crippen LogP contribution >= 0.6 is 11.3 Å². The van der Waals surface area contributed by atoms with Gasteiger partial charge in [-0.15, -0.1) is 11.3 Å². The van der Waals surface area contributed by atoms with Crippen LogP contribution in [0.25, 0.3) is 10.2 Å². The predicted molar refractivity (Wildman–Crippen MR) is 85.6 cm³/mol. The number of nitrogens with one attached hydrogen (secondary N) is 1. The lowest BCUT2D eigenvalue weighted by atomic mass is 9.99. The van der Waals surface area contributed by atoms with Gasteiger partial charge in [0.25, 0.3) is 0 Å². The Kier molecular flexibility index (Phi) is 3.15. The van der Waals surface area contributed by atoms with Crippen LogP contribution in [0, 0.1) is 6.92 Å². The van der Waals surface area contributed by atoms with Crippen LogP contribution in [0.3, 0.4) is 0 Å². The van der Waals surface area contributed by atoms with E-state index < -0.39 is 0 Å². The zero-order valence-electron chi connectivity index (χ0n) is 11.9. The zero-order chi connectivity index (χ0) is 13.5. The third-order valence-corrected chi connectivity index (χ3v) is 5.64. The number of fused-ring (bicyclic) bond motifs is 2. The molecule has 0 bridgehead atoms. The van der Waals surface area contributed by atoms with E-state index in [1.807, 2.05) is 0 Å². The van der Waals surface area contributed by atoms with Crippen molar-refractivity contribution < 1.29 is 0 Å². The van der Waals surface area contributed by atoms with Gasteiger partial charge in [-0.2, -0.15) is 0 Å². The lowest BCUT2D eigenvalue weighted by Crippen LogP contribution is -2.41. The quantitative estimate of drug-likeness (QED) is 0.914. The fraction of sp³-hybridized carbons (Fsp3) is 0.562. The van der Waals surface area contributed by atoms with Crippen LogP contribution in [0.1, 0.15) is 30.7 Å². The maximum atomic E-state index is 4.53. The minimum absolute atomic E-state index is 0.627. The molecule has 3 nitrogen and oxygen atoms in total. The number of piperidine rings is 1. The van der Waals surface area contributed by atoms with Crippen LogP contribution in [0.4, 0.5) is 5.69 Å². The smallest absolute Gasteiger partial charge is 0.0907 e. The maximum Gasteiger partial charge on any atom is 0.0907 e. The SMILES string of the molecule is Cc1nc2ccc(NC3CCN4CCCCC34)cc2s1. The molecule has 2 saturated heterocycles. The van der Waals surface area contributed by atoms with Gasteiger partial charge in [-0.25, -0.2) is 4.98 Å². The summed E-state index contributed by atoms with van der Waals surface area (Å²) in [7, 11) is 0. The molecule has 1 aromatic heterocycles. The van der Waals surface area contributed by atoms with Gasteiger partial charge in [-0.1, -0.05) is 6.42 Å². The zero-order valence-corrected chi connectivity index (χ0v) is 12.7. The highest BCUT2D eigenvalue weighted by atomic mass is 32.1. The number of anilines is 1. The summed E-state index contributed by atoms with van der Waals surface area (Å²) < 4.78 is 1.30. The molecule has 0 amide bonds. The van der Waals surface area contributed by atoms with Crippen molar-refractivity contribution in [2.45, 2.75) is 44.7 Å². The Bertz CT molecular complexity index is 621. The first-order chi connectivity index (χ1) is 9.79. The Labute approximate surface area is 124 Å². The second-order valence-corrected chi connectivity index (χ2v) is 7.29. The van der Waals surface area contributed by atoms with E-state index in [2.05, 4.69) is 40.3 Å². The first kappa shape index (κ1) is 12.6. The van der Waals surface area contributed by atoms with Crippen LogP contribution in [-0.2, 0) is 0 Å². The van der Waals surface area contributed by atoms with Crippen molar-refractivity contribution in [3.63, 3.8) is 0 Å². The highest BCUT2D eigenvalue weighted by Crippen LogP contribution is 2.31. The first-order valence-corrected chi connectivity index (χ1v) is 8.49. The minimum atomic E-state index is 0.627. The molecule has 2 aliphatic rings. The Hall–Kier alpha value is -1.13. The highest BCUT2D eigenvalue weighted by Gasteiger charge is 2.35. The standard InChI is InChI=1S/C16H21N3S/c1-11-17-14-6-5-12(10-16(14)20-11)18-13-7-9-19-8-3-2-4-15(13)19/h5-6,10,13,15,18H,2-4,7-9H2,1H3. The molecule has 2 aliphatic heterocycles. The number of rotatable bonds is 2. The van der Waals surface area contributed by atoms with E-state index in [-0.39, 0.29) is 0 Å². The monoisotopic (exact) mass is 287 g/mol. The molecule has 2 fully saturated rings. The molecule has 4 heteroatoms. The third-order valence-electron chi connectivity index (χ3n) is 4.70. The maximum absolute atomic E-state index is 4.53. The number of nitrogens with zero attached hydrogens (tertiary/aromatic N) is 2. The molecule has 0 saturated carbocycles. The van der Waals surface area contributed by atoms with Crippen LogP contribution in [0.2, 0.25) is 0 Å². The molecular weight excluding hydrogens is 266 g/mol. The van der Waals surface area contributed by atoms with Crippen molar-refractivity contribution >= 4 is 27.2 Å². The van der Waals surface area contributed by atoms with Gasteiger partial charge in [0.2, 0.25) is 0 Å². The van der Waals surface area contributed by atoms with E-state index in [1.165, 1.54) is 49.2 Å². The number of aryl methyl sites for hydroxylation is 1. The van der Waals surface area contributed by atoms with Crippen molar-refractivity contribution in [2.75, 3.05) is 18.4 Å². The van der Waals surface area contributed by atoms with Crippen molar-refractivity contribution in [2.24, 2.45) is 0 Å². The summed E-state index contributed by atoms with van der Waals surface area (Å²) >= 11 is 1.79. The van der Waals surface area contributed by atoms with E-state index in [1.54, 1.807) is 11.3 Å². The van der Waals surface area contributed by atoms with Crippen LogP contribution in [-0.4, -0.2) is 35.1 Å². The number of hydrogen-bond acceptors (Lipinski definition) is 4. The summed E-state index contributed by atoms with van der Waals surface area (Å²) in [5.74, 6) is 0. The average molecular weight is 287 g/mol. The second-order valence-electron chi connectivity index (χ2n) is 6.05. The van der Waals surface area contributed by atoms with Gasteiger partial charge < -0.3 is 5.32 Å². The Morgan fingerprint density at radius 3 is 3.15 bits per heavy atom. The Morgan fingerprint density at radius 2 is 2.20 bits per heavy atom. The summed E-state index contributed by atoms with van der Waals surface area (Å²) in [6.45, 7) is 4.65. The first-order valence-electron chi connectivity index (χ1n) is 7.67. The fourth-order valence-corrected chi connectivity index (χ4v) is 4.63. The van der Waals surface area contributed by atoms with Crippen LogP contribution < -0.4 is 5.32 Å². The average Bonchev–Trinajstić information content (AvgIpc) is 3.02. The highest BCUT2D eigenvalue weighted by molar-refractivity contribution is 7.18. The van der Waals surface area contributed by atoms with Gasteiger partial charge in [0.1, 0.15) is 0 Å². The fourth-order valence-electron chi connectivity index (χ4n) is 3.76.